The number of anilines is 1. The molecule has 0 saturated carbocycles. The van der Waals surface area contributed by atoms with Gasteiger partial charge in [0, 0.05) is 24.7 Å². The molecule has 3 rings (SSSR count). The lowest BCUT2D eigenvalue weighted by molar-refractivity contribution is 0.117. The summed E-state index contributed by atoms with van der Waals surface area (Å²) in [5.74, 6) is 1.66. The fourth-order valence-electron chi connectivity index (χ4n) is 2.61. The highest BCUT2D eigenvalue weighted by molar-refractivity contribution is 5.33. The zero-order chi connectivity index (χ0) is 17.6. The number of rotatable bonds is 7. The van der Waals surface area contributed by atoms with Crippen molar-refractivity contribution in [3.8, 4) is 11.5 Å². The maximum atomic E-state index is 12.0. The summed E-state index contributed by atoms with van der Waals surface area (Å²) in [6.07, 6.45) is -0.0831. The van der Waals surface area contributed by atoms with Gasteiger partial charge in [-0.2, -0.15) is 0 Å². The molecule has 8 heteroatoms. The molecule has 4 N–H and O–H groups in total. The Morgan fingerprint density at radius 1 is 1.40 bits per heavy atom. The van der Waals surface area contributed by atoms with E-state index in [-0.39, 0.29) is 18.7 Å². The molecule has 8 nitrogen and oxygen atoms in total. The number of aromatic amines is 1. The summed E-state index contributed by atoms with van der Waals surface area (Å²) < 4.78 is 10.7. The number of ether oxygens (including phenoxy) is 2. The minimum Gasteiger partial charge on any atom is -0.497 e. The number of benzene rings is 1. The Balaban J connectivity index is 1.53. The van der Waals surface area contributed by atoms with E-state index in [4.69, 9.17) is 9.47 Å². The van der Waals surface area contributed by atoms with E-state index in [1.165, 1.54) is 0 Å². The monoisotopic (exact) mass is 346 g/mol. The first-order valence-corrected chi connectivity index (χ1v) is 8.17. The number of hydrogen-bond acceptors (Lipinski definition) is 7. The number of nitrogens with one attached hydrogen (secondary N) is 3. The van der Waals surface area contributed by atoms with E-state index in [2.05, 4.69) is 20.6 Å². The van der Waals surface area contributed by atoms with Gasteiger partial charge in [-0.05, 0) is 25.1 Å². The Bertz CT molecular complexity index is 777. The molecule has 0 radical (unpaired) electrons. The van der Waals surface area contributed by atoms with Crippen LogP contribution in [-0.4, -0.2) is 48.0 Å². The van der Waals surface area contributed by atoms with Gasteiger partial charge in [-0.15, -0.1) is 0 Å². The lowest BCUT2D eigenvalue weighted by atomic mass is 10.1. The zero-order valence-electron chi connectivity index (χ0n) is 14.0. The van der Waals surface area contributed by atoms with Gasteiger partial charge in [0.15, 0.2) is 0 Å². The van der Waals surface area contributed by atoms with Gasteiger partial charge >= 0.3 is 0 Å². The summed E-state index contributed by atoms with van der Waals surface area (Å²) in [7, 11) is 1.58. The maximum absolute atomic E-state index is 12.0. The van der Waals surface area contributed by atoms with Crippen LogP contribution >= 0.6 is 0 Å². The summed E-state index contributed by atoms with van der Waals surface area (Å²) in [4.78, 5) is 19.1. The second-order valence-electron chi connectivity index (χ2n) is 5.79. The van der Waals surface area contributed by atoms with E-state index in [0.29, 0.717) is 30.4 Å². The molecule has 0 bridgehead atoms. The Morgan fingerprint density at radius 2 is 2.24 bits per heavy atom. The Hall–Kier alpha value is -2.58. The van der Waals surface area contributed by atoms with Crippen LogP contribution in [0.15, 0.2) is 29.1 Å². The number of H-pyrrole nitrogens is 1. The van der Waals surface area contributed by atoms with E-state index in [9.17, 15) is 9.90 Å². The number of fused-ring (bicyclic) bond motifs is 1. The van der Waals surface area contributed by atoms with Crippen molar-refractivity contribution in [2.24, 2.45) is 0 Å². The van der Waals surface area contributed by atoms with Crippen LogP contribution in [0.5, 0.6) is 11.5 Å². The molecule has 134 valence electrons. The number of methoxy groups -OCH3 is 1. The number of hydrogen-bond donors (Lipinski definition) is 4. The summed E-state index contributed by atoms with van der Waals surface area (Å²) in [6.45, 7) is 1.68. The number of nitrogens with zero attached hydrogens (tertiary/aromatic N) is 1. The van der Waals surface area contributed by atoms with Crippen molar-refractivity contribution in [1.29, 1.82) is 0 Å². The number of aromatic nitrogens is 2. The molecule has 0 saturated heterocycles. The quantitative estimate of drug-likeness (QED) is 0.570. The van der Waals surface area contributed by atoms with Crippen LogP contribution < -0.4 is 25.7 Å². The smallest absolute Gasteiger partial charge is 0.255 e. The van der Waals surface area contributed by atoms with Gasteiger partial charge in [0.1, 0.15) is 24.2 Å². The maximum Gasteiger partial charge on any atom is 0.255 e. The molecule has 0 unspecified atom stereocenters. The van der Waals surface area contributed by atoms with Crippen LogP contribution in [0.1, 0.15) is 11.3 Å². The van der Waals surface area contributed by atoms with Gasteiger partial charge < -0.3 is 25.2 Å². The van der Waals surface area contributed by atoms with Gasteiger partial charge in [-0.3, -0.25) is 9.78 Å². The third-order valence-electron chi connectivity index (χ3n) is 3.93. The molecule has 1 atom stereocenters. The fourth-order valence-corrected chi connectivity index (χ4v) is 2.61. The van der Waals surface area contributed by atoms with Crippen LogP contribution in [0.4, 0.5) is 5.95 Å². The highest BCUT2D eigenvalue weighted by Crippen LogP contribution is 2.18. The summed E-state index contributed by atoms with van der Waals surface area (Å²) in [6, 6.07) is 7.17. The largest absolute Gasteiger partial charge is 0.497 e. The molecule has 25 heavy (non-hydrogen) atoms. The summed E-state index contributed by atoms with van der Waals surface area (Å²) >= 11 is 0. The number of aliphatic hydroxyl groups is 1. The van der Waals surface area contributed by atoms with Crippen molar-refractivity contribution in [3.63, 3.8) is 0 Å². The third kappa shape index (κ3) is 4.49. The van der Waals surface area contributed by atoms with Gasteiger partial charge in [-0.25, -0.2) is 4.98 Å². The van der Waals surface area contributed by atoms with E-state index in [1.54, 1.807) is 19.2 Å². The molecule has 1 aromatic heterocycles. The fraction of sp³-hybridized carbons (Fsp3) is 0.412. The second kappa shape index (κ2) is 8.00. The topological polar surface area (TPSA) is 108 Å². The minimum absolute atomic E-state index is 0.108. The van der Waals surface area contributed by atoms with Crippen LogP contribution in [0, 0.1) is 0 Å². The predicted octanol–water partition coefficient (Wildman–Crippen LogP) is 0.276. The molecular weight excluding hydrogens is 324 g/mol. The van der Waals surface area contributed by atoms with Crippen molar-refractivity contribution in [3.05, 3.63) is 45.9 Å². The molecule has 0 spiro atoms. The van der Waals surface area contributed by atoms with Crippen LogP contribution in [-0.2, 0) is 13.0 Å². The highest BCUT2D eigenvalue weighted by atomic mass is 16.5. The lowest BCUT2D eigenvalue weighted by Gasteiger charge is -2.17. The lowest BCUT2D eigenvalue weighted by Crippen LogP contribution is -2.33. The van der Waals surface area contributed by atoms with Gasteiger partial charge in [0.05, 0.1) is 12.8 Å². The molecule has 0 aliphatic carbocycles. The summed E-state index contributed by atoms with van der Waals surface area (Å²) in [5.41, 5.74) is 1.35. The summed E-state index contributed by atoms with van der Waals surface area (Å²) in [5, 5.41) is 16.2. The minimum atomic E-state index is -0.759. The Kier molecular flexibility index (Phi) is 5.52. The predicted molar refractivity (Wildman–Crippen MR) is 93.3 cm³/mol. The molecule has 2 aromatic rings. The Labute approximate surface area is 145 Å². The van der Waals surface area contributed by atoms with Crippen molar-refractivity contribution in [2.45, 2.75) is 19.1 Å². The van der Waals surface area contributed by atoms with E-state index in [0.717, 1.165) is 17.8 Å². The molecule has 0 amide bonds. The standard InChI is InChI=1S/C17H22N4O4/c1-24-12-3-2-4-13(7-12)25-10-11(22)8-19-17-20-15-9-18-6-5-14(15)16(23)21-17/h2-4,7,11,18,22H,5-6,8-10H2,1H3,(H2,19,20,21,23)/t11-/m0/s1. The normalized spacial score (nSPS) is 14.5. The molecule has 1 aliphatic rings. The van der Waals surface area contributed by atoms with Gasteiger partial charge in [0.25, 0.3) is 5.56 Å². The first-order chi connectivity index (χ1) is 12.2. The van der Waals surface area contributed by atoms with Crippen molar-refractivity contribution in [1.82, 2.24) is 15.3 Å². The average Bonchev–Trinajstić information content (AvgIpc) is 2.65. The van der Waals surface area contributed by atoms with Crippen molar-refractivity contribution in [2.75, 3.05) is 32.1 Å². The van der Waals surface area contributed by atoms with Gasteiger partial charge in [-0.1, -0.05) is 6.07 Å². The molecular formula is C17H22N4O4. The molecule has 1 aliphatic heterocycles. The van der Waals surface area contributed by atoms with E-state index >= 15 is 0 Å². The first-order valence-electron chi connectivity index (χ1n) is 8.17. The molecule has 2 heterocycles. The number of aliphatic hydroxyl groups excluding tert-OH is 1. The van der Waals surface area contributed by atoms with E-state index in [1.807, 2.05) is 12.1 Å². The van der Waals surface area contributed by atoms with E-state index < -0.39 is 6.10 Å². The third-order valence-corrected chi connectivity index (χ3v) is 3.93. The SMILES string of the molecule is COc1cccc(OC[C@@H](O)CNc2nc3c(c(=O)[nH]2)CCNC3)c1. The average molecular weight is 346 g/mol. The second-order valence-corrected chi connectivity index (χ2v) is 5.79. The van der Waals surface area contributed by atoms with Crippen LogP contribution in [0.25, 0.3) is 0 Å². The van der Waals surface area contributed by atoms with Crippen molar-refractivity contribution >= 4 is 5.95 Å². The Morgan fingerprint density at radius 3 is 3.08 bits per heavy atom. The molecule has 1 aromatic carbocycles. The molecule has 0 fully saturated rings. The highest BCUT2D eigenvalue weighted by Gasteiger charge is 2.15. The van der Waals surface area contributed by atoms with Crippen LogP contribution in [0.3, 0.4) is 0 Å². The van der Waals surface area contributed by atoms with Crippen molar-refractivity contribution < 1.29 is 14.6 Å². The zero-order valence-corrected chi connectivity index (χ0v) is 14.0. The van der Waals surface area contributed by atoms with Crippen LogP contribution in [0.2, 0.25) is 0 Å². The first kappa shape index (κ1) is 17.2. The van der Waals surface area contributed by atoms with Gasteiger partial charge in [0.2, 0.25) is 5.95 Å².